The molecule has 144 valence electrons. The summed E-state index contributed by atoms with van der Waals surface area (Å²) in [6.45, 7) is 3.43. The molecule has 0 spiro atoms. The minimum Gasteiger partial charge on any atom is -0.369 e. The number of hydrogen-bond donors (Lipinski definition) is 1. The van der Waals surface area contributed by atoms with Gasteiger partial charge in [0.25, 0.3) is 0 Å². The van der Waals surface area contributed by atoms with Gasteiger partial charge in [-0.2, -0.15) is 0 Å². The number of amides is 1. The highest BCUT2D eigenvalue weighted by Gasteiger charge is 2.27. The first kappa shape index (κ1) is 18.3. The van der Waals surface area contributed by atoms with Crippen molar-refractivity contribution in [1.82, 2.24) is 20.3 Å². The Bertz CT molecular complexity index is 978. The van der Waals surface area contributed by atoms with Gasteiger partial charge in [0.05, 0.1) is 23.8 Å². The quantitative estimate of drug-likeness (QED) is 0.753. The highest BCUT2D eigenvalue weighted by atomic mass is 19.1. The van der Waals surface area contributed by atoms with E-state index in [-0.39, 0.29) is 23.7 Å². The Morgan fingerprint density at radius 2 is 2.00 bits per heavy atom. The van der Waals surface area contributed by atoms with Crippen molar-refractivity contribution in [1.29, 1.82) is 0 Å². The summed E-state index contributed by atoms with van der Waals surface area (Å²) in [5, 5.41) is 3.06. The molecule has 2 aromatic heterocycles. The van der Waals surface area contributed by atoms with Gasteiger partial charge in [0, 0.05) is 25.5 Å². The molecule has 0 saturated carbocycles. The average molecular weight is 379 g/mol. The molecule has 28 heavy (non-hydrogen) atoms. The van der Waals surface area contributed by atoms with Gasteiger partial charge in [-0.25, -0.2) is 14.4 Å². The van der Waals surface area contributed by atoms with Crippen LogP contribution < -0.4 is 10.2 Å². The molecule has 1 unspecified atom stereocenters. The molecule has 1 saturated heterocycles. The fraction of sp³-hybridized carbons (Fsp3) is 0.333. The molecule has 1 aromatic carbocycles. The summed E-state index contributed by atoms with van der Waals surface area (Å²) < 4.78 is 13.1. The summed E-state index contributed by atoms with van der Waals surface area (Å²) in [6, 6.07) is 8.04. The molecule has 4 rings (SSSR count). The van der Waals surface area contributed by atoms with Crippen LogP contribution in [0.3, 0.4) is 0 Å². The zero-order valence-corrected chi connectivity index (χ0v) is 15.7. The van der Waals surface area contributed by atoms with E-state index in [4.69, 9.17) is 0 Å². The van der Waals surface area contributed by atoms with Gasteiger partial charge >= 0.3 is 0 Å². The van der Waals surface area contributed by atoms with Gasteiger partial charge in [-0.3, -0.25) is 9.78 Å². The Kier molecular flexibility index (Phi) is 5.14. The van der Waals surface area contributed by atoms with Crippen LogP contribution in [0.1, 0.15) is 31.4 Å². The standard InChI is InChI=1S/C21H22FN5O/c1-14(15-4-6-17(22)7-5-15)26-21(28)16-3-2-10-27(13-16)18-11-19-20(25-12-18)24-9-8-23-19/h4-9,11-12,14,16H,2-3,10,13H2,1H3,(H,26,28)/t14-,16?/m0/s1. The van der Waals surface area contributed by atoms with Crippen molar-refractivity contribution in [2.45, 2.75) is 25.8 Å². The molecule has 0 radical (unpaired) electrons. The lowest BCUT2D eigenvalue weighted by Gasteiger charge is -2.34. The molecule has 1 fully saturated rings. The van der Waals surface area contributed by atoms with Gasteiger partial charge in [0.1, 0.15) is 11.3 Å². The number of piperidine rings is 1. The lowest BCUT2D eigenvalue weighted by molar-refractivity contribution is -0.125. The molecular formula is C21H22FN5O. The Labute approximate surface area is 162 Å². The number of nitrogens with zero attached hydrogens (tertiary/aromatic N) is 4. The Hall–Kier alpha value is -3.09. The lowest BCUT2D eigenvalue weighted by Crippen LogP contribution is -2.43. The number of halogens is 1. The fourth-order valence-corrected chi connectivity index (χ4v) is 3.61. The zero-order chi connectivity index (χ0) is 19.5. The Morgan fingerprint density at radius 3 is 2.82 bits per heavy atom. The van der Waals surface area contributed by atoms with Crippen LogP contribution in [-0.4, -0.2) is 33.9 Å². The number of hydrogen-bond acceptors (Lipinski definition) is 5. The lowest BCUT2D eigenvalue weighted by atomic mass is 9.96. The maximum atomic E-state index is 13.1. The Balaban J connectivity index is 1.43. The number of benzene rings is 1. The van der Waals surface area contributed by atoms with E-state index >= 15 is 0 Å². The van der Waals surface area contributed by atoms with E-state index in [1.807, 2.05) is 13.0 Å². The van der Waals surface area contributed by atoms with E-state index < -0.39 is 0 Å². The first-order valence-electron chi connectivity index (χ1n) is 9.48. The van der Waals surface area contributed by atoms with Crippen LogP contribution in [0.2, 0.25) is 0 Å². The summed E-state index contributed by atoms with van der Waals surface area (Å²) in [7, 11) is 0. The molecule has 1 N–H and O–H groups in total. The van der Waals surface area contributed by atoms with Gasteiger partial charge in [0.2, 0.25) is 5.91 Å². The van der Waals surface area contributed by atoms with Crippen LogP contribution in [0.25, 0.3) is 11.2 Å². The number of carbonyl (C=O) groups is 1. The van der Waals surface area contributed by atoms with E-state index in [9.17, 15) is 9.18 Å². The van der Waals surface area contributed by atoms with Gasteiger partial charge in [-0.15, -0.1) is 0 Å². The van der Waals surface area contributed by atoms with Crippen LogP contribution in [0.4, 0.5) is 10.1 Å². The molecular weight excluding hydrogens is 357 g/mol. The smallest absolute Gasteiger partial charge is 0.225 e. The number of pyridine rings is 1. The molecule has 0 aliphatic carbocycles. The first-order chi connectivity index (χ1) is 13.6. The predicted molar refractivity (Wildman–Crippen MR) is 105 cm³/mol. The topological polar surface area (TPSA) is 71.0 Å². The summed E-state index contributed by atoms with van der Waals surface area (Å²) in [5.74, 6) is -0.358. The maximum Gasteiger partial charge on any atom is 0.225 e. The second kappa shape index (κ2) is 7.88. The molecule has 7 heteroatoms. The number of anilines is 1. The summed E-state index contributed by atoms with van der Waals surface area (Å²) in [4.78, 5) is 27.9. The van der Waals surface area contributed by atoms with E-state index in [0.29, 0.717) is 12.2 Å². The third-order valence-electron chi connectivity index (χ3n) is 5.20. The minimum absolute atomic E-state index is 0.0232. The van der Waals surface area contributed by atoms with Crippen LogP contribution in [-0.2, 0) is 4.79 Å². The molecule has 3 aromatic rings. The molecule has 3 heterocycles. The van der Waals surface area contributed by atoms with E-state index in [2.05, 4.69) is 25.2 Å². The summed E-state index contributed by atoms with van der Waals surface area (Å²) >= 11 is 0. The number of aromatic nitrogens is 3. The van der Waals surface area contributed by atoms with Crippen molar-refractivity contribution in [3.63, 3.8) is 0 Å². The molecule has 6 nitrogen and oxygen atoms in total. The first-order valence-corrected chi connectivity index (χ1v) is 9.48. The van der Waals surface area contributed by atoms with Crippen LogP contribution >= 0.6 is 0 Å². The highest BCUT2D eigenvalue weighted by molar-refractivity contribution is 5.80. The van der Waals surface area contributed by atoms with Crippen molar-refractivity contribution in [3.8, 4) is 0 Å². The molecule has 0 bridgehead atoms. The summed E-state index contributed by atoms with van der Waals surface area (Å²) in [5.41, 5.74) is 3.21. The minimum atomic E-state index is -0.279. The fourth-order valence-electron chi connectivity index (χ4n) is 3.61. The van der Waals surface area contributed by atoms with Gasteiger partial charge < -0.3 is 10.2 Å². The van der Waals surface area contributed by atoms with E-state index in [0.717, 1.165) is 36.2 Å². The largest absolute Gasteiger partial charge is 0.369 e. The summed E-state index contributed by atoms with van der Waals surface area (Å²) in [6.07, 6.45) is 6.84. The second-order valence-electron chi connectivity index (χ2n) is 7.16. The van der Waals surface area contributed by atoms with Gasteiger partial charge in [0.15, 0.2) is 5.65 Å². The van der Waals surface area contributed by atoms with Crippen LogP contribution in [0.5, 0.6) is 0 Å². The predicted octanol–water partition coefficient (Wildman–Crippen LogP) is 3.26. The Morgan fingerprint density at radius 1 is 1.21 bits per heavy atom. The van der Waals surface area contributed by atoms with Gasteiger partial charge in [-0.05, 0) is 43.5 Å². The average Bonchev–Trinajstić information content (AvgIpc) is 2.74. The number of rotatable bonds is 4. The zero-order valence-electron chi connectivity index (χ0n) is 15.7. The number of carbonyl (C=O) groups excluding carboxylic acids is 1. The monoisotopic (exact) mass is 379 g/mol. The van der Waals surface area contributed by atoms with Gasteiger partial charge in [-0.1, -0.05) is 12.1 Å². The van der Waals surface area contributed by atoms with Crippen molar-refractivity contribution in [2.75, 3.05) is 18.0 Å². The molecule has 2 atom stereocenters. The maximum absolute atomic E-state index is 13.1. The number of fused-ring (bicyclic) bond motifs is 1. The van der Waals surface area contributed by atoms with Crippen molar-refractivity contribution < 1.29 is 9.18 Å². The van der Waals surface area contributed by atoms with Crippen LogP contribution in [0, 0.1) is 11.7 Å². The molecule has 1 aliphatic rings. The second-order valence-corrected chi connectivity index (χ2v) is 7.16. The van der Waals surface area contributed by atoms with Crippen molar-refractivity contribution in [2.24, 2.45) is 5.92 Å². The van der Waals surface area contributed by atoms with Crippen molar-refractivity contribution >= 4 is 22.8 Å². The van der Waals surface area contributed by atoms with E-state index in [1.165, 1.54) is 12.1 Å². The van der Waals surface area contributed by atoms with Crippen LogP contribution in [0.15, 0.2) is 48.9 Å². The van der Waals surface area contributed by atoms with Crippen molar-refractivity contribution in [3.05, 3.63) is 60.3 Å². The molecule has 1 aliphatic heterocycles. The third kappa shape index (κ3) is 3.93. The van der Waals surface area contributed by atoms with E-state index in [1.54, 1.807) is 30.7 Å². The normalized spacial score (nSPS) is 18.1. The molecule has 1 amide bonds. The number of nitrogens with one attached hydrogen (secondary N) is 1. The third-order valence-corrected chi connectivity index (χ3v) is 5.20. The highest BCUT2D eigenvalue weighted by Crippen LogP contribution is 2.25. The SMILES string of the molecule is C[C@H](NC(=O)C1CCCN(c2cnc3nccnc3c2)C1)c1ccc(F)cc1.